The average molecular weight is 202 g/mol. The number of hydrogen-bond acceptors (Lipinski definition) is 0. The molecule has 0 radical (unpaired) electrons. The van der Waals surface area contributed by atoms with Gasteiger partial charge in [0.05, 0.1) is 0 Å². The zero-order valence-corrected chi connectivity index (χ0v) is 6.77. The molecule has 0 aromatic rings. The van der Waals surface area contributed by atoms with Crippen LogP contribution in [0.2, 0.25) is 10.6 Å². The first-order valence-corrected chi connectivity index (χ1v) is 4.29. The van der Waals surface area contributed by atoms with Gasteiger partial charge in [0, 0.05) is 0 Å². The number of hydrogen-bond donors (Lipinski definition) is 0. The second-order valence-electron chi connectivity index (χ2n) is 0.801. The summed E-state index contributed by atoms with van der Waals surface area (Å²) >= 11 is 5.14. The zero-order valence-electron chi connectivity index (χ0n) is 3.02. The van der Waals surface area contributed by atoms with E-state index in [1.165, 1.54) is 17.1 Å². The van der Waals surface area contributed by atoms with E-state index in [9.17, 15) is 0 Å². The van der Waals surface area contributed by atoms with Gasteiger partial charge in [-0.3, -0.25) is 0 Å². The molecule has 0 amide bonds. The first-order valence-electron chi connectivity index (χ1n) is 1.63. The molecule has 0 aliphatic rings. The van der Waals surface area contributed by atoms with Crippen LogP contribution in [0.4, 0.5) is 0 Å². The Morgan fingerprint density at radius 3 is 1.40 bits per heavy atom. The summed E-state index contributed by atoms with van der Waals surface area (Å²) in [6, 6.07) is 0. The Bertz CT molecular complexity index is 12.4. The van der Waals surface area contributed by atoms with Crippen molar-refractivity contribution in [3.63, 3.8) is 0 Å². The second kappa shape index (κ2) is 5.04. The summed E-state index contributed by atoms with van der Waals surface area (Å²) in [6.07, 6.45) is 1.33. The van der Waals surface area contributed by atoms with Crippen LogP contribution < -0.4 is 0 Å². The van der Waals surface area contributed by atoms with Crippen LogP contribution >= 0.6 is 0 Å². The van der Waals surface area contributed by atoms with Crippen LogP contribution in [0.3, 0.4) is 0 Å². The minimum atomic E-state index is 1.27. The van der Waals surface area contributed by atoms with E-state index in [1.807, 2.05) is 0 Å². The Balaban J connectivity index is 2.19. The van der Waals surface area contributed by atoms with Crippen LogP contribution in [-0.4, -0.2) is 32.0 Å². The van der Waals surface area contributed by atoms with Gasteiger partial charge in [0.15, 0.2) is 0 Å². The molecule has 0 aliphatic heterocycles. The first-order chi connectivity index (χ1) is 2.41. The Hall–Kier alpha value is 1.04. The van der Waals surface area contributed by atoms with E-state index in [0.717, 1.165) is 0 Å². The maximum absolute atomic E-state index is 2.57. The van der Waals surface area contributed by atoms with Crippen LogP contribution in [-0.2, 0) is 0 Å². The molecule has 0 N–H and O–H groups in total. The van der Waals surface area contributed by atoms with Crippen molar-refractivity contribution >= 4 is 32.0 Å². The van der Waals surface area contributed by atoms with E-state index in [1.54, 1.807) is 0 Å². The van der Waals surface area contributed by atoms with Gasteiger partial charge in [-0.1, -0.05) is 0 Å². The van der Waals surface area contributed by atoms with Gasteiger partial charge in [0.25, 0.3) is 0 Å². The summed E-state index contributed by atoms with van der Waals surface area (Å²) in [7, 11) is 0. The molecule has 0 atom stereocenters. The van der Waals surface area contributed by atoms with Gasteiger partial charge in [-0.15, -0.1) is 0 Å². The van der Waals surface area contributed by atoms with Crippen LogP contribution in [0.15, 0.2) is 0 Å². The van der Waals surface area contributed by atoms with Gasteiger partial charge in [-0.25, -0.2) is 0 Å². The van der Waals surface area contributed by atoms with Gasteiger partial charge in [0.1, 0.15) is 0 Å². The van der Waals surface area contributed by atoms with Gasteiger partial charge in [-0.2, -0.15) is 0 Å². The molecule has 0 rings (SSSR count). The molecule has 0 heterocycles. The fourth-order valence-electron chi connectivity index (χ4n) is 0.0707. The van der Waals surface area contributed by atoms with Crippen LogP contribution in [0.25, 0.3) is 0 Å². The maximum atomic E-state index is 2.57. The van der Waals surface area contributed by atoms with Crippen molar-refractivity contribution in [1.82, 2.24) is 0 Å². The van der Waals surface area contributed by atoms with Gasteiger partial charge in [-0.05, 0) is 0 Å². The van der Waals surface area contributed by atoms with Crippen molar-refractivity contribution in [2.75, 3.05) is 0 Å². The molecule has 0 saturated heterocycles. The summed E-state index contributed by atoms with van der Waals surface area (Å²) in [5.74, 6) is 0. The summed E-state index contributed by atoms with van der Waals surface area (Å²) in [4.78, 5) is 0. The fourth-order valence-corrected chi connectivity index (χ4v) is 1.91. The summed E-state index contributed by atoms with van der Waals surface area (Å²) in [6.45, 7) is 0. The molecule has 2 heteroatoms. The first kappa shape index (κ1) is 6.04. The van der Waals surface area contributed by atoms with Gasteiger partial charge >= 0.3 is 49.1 Å². The molecular formula is C3H8Se2. The molecule has 0 fully saturated rings. The monoisotopic (exact) mass is 204 g/mol. The van der Waals surface area contributed by atoms with Crippen LogP contribution in [0, 0.1) is 0 Å². The summed E-state index contributed by atoms with van der Waals surface area (Å²) in [5, 5.41) is 2.53. The van der Waals surface area contributed by atoms with E-state index in [4.69, 9.17) is 0 Å². The molecule has 0 saturated carbocycles. The topological polar surface area (TPSA) is 0 Å². The van der Waals surface area contributed by atoms with Crippen molar-refractivity contribution in [2.24, 2.45) is 0 Å². The molecular weight excluding hydrogens is 194 g/mol. The molecule has 0 unspecified atom stereocenters. The van der Waals surface area contributed by atoms with E-state index in [-0.39, 0.29) is 0 Å². The fraction of sp³-hybridized carbons (Fsp3) is 1.00. The van der Waals surface area contributed by atoms with Crippen molar-refractivity contribution in [2.45, 2.75) is 17.1 Å². The molecule has 5 heavy (non-hydrogen) atoms. The minimum absolute atomic E-state index is 1.27. The Morgan fingerprint density at radius 1 is 1.00 bits per heavy atom. The van der Waals surface area contributed by atoms with E-state index in [0.29, 0.717) is 0 Å². The number of rotatable bonds is 2. The standard InChI is InChI=1S/C3H8Se2/c4-2-1-3-5/h4-5H,1-3H2. The van der Waals surface area contributed by atoms with Crippen molar-refractivity contribution in [3.8, 4) is 0 Å². The summed E-state index contributed by atoms with van der Waals surface area (Å²) in [5.41, 5.74) is 0. The third-order valence-electron chi connectivity index (χ3n) is 0.316. The van der Waals surface area contributed by atoms with E-state index in [2.05, 4.69) is 32.0 Å². The SMILES string of the molecule is [SeH]CCC[SeH]. The normalized spacial score (nSPS) is 8.40. The molecule has 0 nitrogen and oxygen atoms in total. The zero-order chi connectivity index (χ0) is 4.12. The van der Waals surface area contributed by atoms with E-state index >= 15 is 0 Å². The van der Waals surface area contributed by atoms with Crippen molar-refractivity contribution < 1.29 is 0 Å². The quantitative estimate of drug-likeness (QED) is 0.553. The van der Waals surface area contributed by atoms with Gasteiger partial charge < -0.3 is 0 Å². The molecule has 0 aromatic carbocycles. The Kier molecular flexibility index (Phi) is 6.09. The average Bonchev–Trinajstić information content (AvgIpc) is 1.41. The van der Waals surface area contributed by atoms with Crippen molar-refractivity contribution in [3.05, 3.63) is 0 Å². The molecule has 0 spiro atoms. The molecule has 0 aromatic heterocycles. The predicted octanol–water partition coefficient (Wildman–Crippen LogP) is 0.0147. The van der Waals surface area contributed by atoms with Crippen LogP contribution in [0.5, 0.6) is 0 Å². The predicted molar refractivity (Wildman–Crippen MR) is 28.5 cm³/mol. The van der Waals surface area contributed by atoms with Crippen molar-refractivity contribution in [1.29, 1.82) is 0 Å². The summed E-state index contributed by atoms with van der Waals surface area (Å²) < 4.78 is 0. The van der Waals surface area contributed by atoms with Gasteiger partial charge in [0.2, 0.25) is 0 Å². The Morgan fingerprint density at radius 2 is 1.40 bits per heavy atom. The molecule has 0 bridgehead atoms. The molecule has 32 valence electrons. The second-order valence-corrected chi connectivity index (χ2v) is 2.68. The van der Waals surface area contributed by atoms with Crippen LogP contribution in [0.1, 0.15) is 6.42 Å². The Labute approximate surface area is 49.3 Å². The third-order valence-corrected chi connectivity index (χ3v) is 1.64. The molecule has 0 aliphatic carbocycles. The third kappa shape index (κ3) is 5.04. The van der Waals surface area contributed by atoms with E-state index < -0.39 is 0 Å².